The lowest BCUT2D eigenvalue weighted by molar-refractivity contribution is -0.121. The van der Waals surface area contributed by atoms with Crippen LogP contribution in [0.2, 0.25) is 0 Å². The Kier molecular flexibility index (Phi) is 23.5. The topological polar surface area (TPSA) is 75.7 Å². The van der Waals surface area contributed by atoms with Gasteiger partial charge < -0.3 is 5.32 Å². The molecule has 0 heterocycles. The first-order valence-electron chi connectivity index (χ1n) is 15.1. The van der Waals surface area contributed by atoms with Crippen LogP contribution in [-0.2, 0) is 19.1 Å². The molecule has 6 nitrogen and oxygen atoms in total. The molecule has 0 bridgehead atoms. The molecule has 220 valence electrons. The number of carbonyl (C=O) groups excluding carboxylic acids is 1. The van der Waals surface area contributed by atoms with Gasteiger partial charge in [0.1, 0.15) is 0 Å². The van der Waals surface area contributed by atoms with Crippen LogP contribution in [-0.4, -0.2) is 58.3 Å². The van der Waals surface area contributed by atoms with E-state index in [2.05, 4.69) is 44.0 Å². The van der Waals surface area contributed by atoms with Crippen LogP contribution < -0.4 is 5.32 Å². The zero-order valence-corrected chi connectivity index (χ0v) is 25.8. The fourth-order valence-corrected chi connectivity index (χ4v) is 4.87. The maximum Gasteiger partial charge on any atom is 0.264 e. The smallest absolute Gasteiger partial charge is 0.264 e. The molecule has 0 aliphatic heterocycles. The van der Waals surface area contributed by atoms with Gasteiger partial charge in [-0.25, -0.2) is 0 Å². The van der Waals surface area contributed by atoms with Crippen molar-refractivity contribution in [3.63, 3.8) is 0 Å². The highest BCUT2D eigenvalue weighted by atomic mass is 32.2. The molecule has 0 fully saturated rings. The highest BCUT2D eigenvalue weighted by Crippen LogP contribution is 2.18. The number of allylic oxidation sites excluding steroid dienone is 1. The van der Waals surface area contributed by atoms with Crippen molar-refractivity contribution in [1.82, 2.24) is 10.2 Å². The molecular formula is C30H60N2O4S. The second-order valence-electron chi connectivity index (χ2n) is 11.0. The van der Waals surface area contributed by atoms with Gasteiger partial charge in [-0.15, -0.1) is 0 Å². The Balaban J connectivity index is 4.26. The molecule has 7 heteroatoms. The van der Waals surface area contributed by atoms with Crippen LogP contribution in [0.3, 0.4) is 0 Å². The van der Waals surface area contributed by atoms with E-state index < -0.39 is 10.1 Å². The number of hydrogen-bond donors (Lipinski definition) is 1. The van der Waals surface area contributed by atoms with Crippen LogP contribution >= 0.6 is 0 Å². The van der Waals surface area contributed by atoms with E-state index in [9.17, 15) is 13.2 Å². The minimum atomic E-state index is -3.41. The Morgan fingerprint density at radius 3 is 2.00 bits per heavy atom. The number of carbonyl (C=O) groups is 1. The summed E-state index contributed by atoms with van der Waals surface area (Å²) in [5.74, 6) is 0.800. The van der Waals surface area contributed by atoms with Crippen LogP contribution in [0.5, 0.6) is 0 Å². The molecule has 0 saturated heterocycles. The molecule has 1 unspecified atom stereocenters. The quantitative estimate of drug-likeness (QED) is 0.0705. The van der Waals surface area contributed by atoms with Gasteiger partial charge in [0.25, 0.3) is 10.1 Å². The normalized spacial score (nSPS) is 12.6. The van der Waals surface area contributed by atoms with Gasteiger partial charge in [-0.2, -0.15) is 8.42 Å². The average Bonchev–Trinajstić information content (AvgIpc) is 2.83. The lowest BCUT2D eigenvalue weighted by Crippen LogP contribution is -2.30. The molecule has 0 aromatic heterocycles. The van der Waals surface area contributed by atoms with Gasteiger partial charge in [-0.1, -0.05) is 96.1 Å². The summed E-state index contributed by atoms with van der Waals surface area (Å²) < 4.78 is 27.4. The van der Waals surface area contributed by atoms with Crippen LogP contribution in [0.15, 0.2) is 11.6 Å². The Hall–Kier alpha value is -0.920. The van der Waals surface area contributed by atoms with Crippen LogP contribution in [0, 0.1) is 5.92 Å². The summed E-state index contributed by atoms with van der Waals surface area (Å²) in [6, 6.07) is 0. The Morgan fingerprint density at radius 1 is 0.838 bits per heavy atom. The molecule has 0 saturated carbocycles. The first kappa shape index (κ1) is 36.1. The summed E-state index contributed by atoms with van der Waals surface area (Å²) in [6.07, 6.45) is 22.3. The van der Waals surface area contributed by atoms with Crippen molar-refractivity contribution >= 4 is 16.0 Å². The minimum absolute atomic E-state index is 0.177. The van der Waals surface area contributed by atoms with Crippen molar-refractivity contribution in [1.29, 1.82) is 0 Å². The SMILES string of the molecule is CCCCCCCCC(CCCCCC)CNC(=O)CCCCCN(CC=C(C)C)CCOS(C)(=O)=O. The number of nitrogens with zero attached hydrogens (tertiary/aromatic N) is 1. The molecule has 0 rings (SSSR count). The number of nitrogens with one attached hydrogen (secondary N) is 1. The van der Waals surface area contributed by atoms with Crippen LogP contribution in [0.25, 0.3) is 0 Å². The van der Waals surface area contributed by atoms with E-state index in [-0.39, 0.29) is 12.5 Å². The summed E-state index contributed by atoms with van der Waals surface area (Å²) in [7, 11) is -3.41. The Labute approximate surface area is 230 Å². The number of amides is 1. The Morgan fingerprint density at radius 2 is 1.41 bits per heavy atom. The summed E-state index contributed by atoms with van der Waals surface area (Å²) in [5.41, 5.74) is 1.24. The molecule has 0 spiro atoms. The number of rotatable bonds is 26. The van der Waals surface area contributed by atoms with Crippen LogP contribution in [0.4, 0.5) is 0 Å². The van der Waals surface area contributed by atoms with E-state index >= 15 is 0 Å². The second kappa shape index (κ2) is 24.1. The molecule has 1 atom stereocenters. The predicted molar refractivity (Wildman–Crippen MR) is 158 cm³/mol. The van der Waals surface area contributed by atoms with Crippen molar-refractivity contribution in [2.45, 2.75) is 130 Å². The molecule has 0 aromatic carbocycles. The molecule has 1 N–H and O–H groups in total. The summed E-state index contributed by atoms with van der Waals surface area (Å²) >= 11 is 0. The van der Waals surface area contributed by atoms with Crippen molar-refractivity contribution in [2.75, 3.05) is 39.0 Å². The van der Waals surface area contributed by atoms with Crippen molar-refractivity contribution < 1.29 is 17.4 Å². The average molecular weight is 545 g/mol. The molecule has 1 amide bonds. The third kappa shape index (κ3) is 26.5. The largest absolute Gasteiger partial charge is 0.356 e. The molecule has 0 aromatic rings. The van der Waals surface area contributed by atoms with Crippen molar-refractivity contribution in [3.05, 3.63) is 11.6 Å². The summed E-state index contributed by atoms with van der Waals surface area (Å²) in [6.45, 7) is 11.9. The zero-order valence-electron chi connectivity index (χ0n) is 25.0. The third-order valence-electron chi connectivity index (χ3n) is 6.86. The third-order valence-corrected chi connectivity index (χ3v) is 7.46. The van der Waals surface area contributed by atoms with Gasteiger partial charge in [0.15, 0.2) is 0 Å². The number of hydrogen-bond acceptors (Lipinski definition) is 5. The van der Waals surface area contributed by atoms with Crippen molar-refractivity contribution in [3.8, 4) is 0 Å². The highest BCUT2D eigenvalue weighted by Gasteiger charge is 2.11. The maximum absolute atomic E-state index is 12.5. The van der Waals surface area contributed by atoms with Gasteiger partial charge >= 0.3 is 0 Å². The Bertz CT molecular complexity index is 675. The van der Waals surface area contributed by atoms with Gasteiger partial charge in [0, 0.05) is 26.1 Å². The fraction of sp³-hybridized carbons (Fsp3) is 0.900. The second-order valence-corrected chi connectivity index (χ2v) is 12.6. The predicted octanol–water partition coefficient (Wildman–Crippen LogP) is 7.24. The van der Waals surface area contributed by atoms with Crippen molar-refractivity contribution in [2.24, 2.45) is 5.92 Å². The van der Waals surface area contributed by atoms with Gasteiger partial charge in [0.2, 0.25) is 5.91 Å². The van der Waals surface area contributed by atoms with E-state index in [4.69, 9.17) is 4.18 Å². The standard InChI is InChI=1S/C30H60N2O4S/c1-6-8-10-12-13-16-20-29(19-15-11-9-7-2)27-31-30(33)21-17-14-18-23-32(24-22-28(3)4)25-26-36-37(5,34)35/h22,29H,6-21,23-27H2,1-5H3,(H,31,33). The van der Waals surface area contributed by atoms with Crippen LogP contribution in [0.1, 0.15) is 130 Å². The van der Waals surface area contributed by atoms with Gasteiger partial charge in [-0.3, -0.25) is 13.9 Å². The lowest BCUT2D eigenvalue weighted by Gasteiger charge is -2.20. The van der Waals surface area contributed by atoms with Gasteiger partial charge in [0.05, 0.1) is 12.9 Å². The fourth-order valence-electron chi connectivity index (χ4n) is 4.49. The first-order valence-corrected chi connectivity index (χ1v) is 17.0. The summed E-state index contributed by atoms with van der Waals surface area (Å²) in [5, 5.41) is 3.23. The first-order chi connectivity index (χ1) is 17.7. The lowest BCUT2D eigenvalue weighted by atomic mass is 9.94. The van der Waals surface area contributed by atoms with E-state index in [0.717, 1.165) is 45.2 Å². The highest BCUT2D eigenvalue weighted by molar-refractivity contribution is 7.85. The van der Waals surface area contributed by atoms with Gasteiger partial charge in [-0.05, 0) is 52.0 Å². The van der Waals surface area contributed by atoms with E-state index in [0.29, 0.717) is 18.9 Å². The number of unbranched alkanes of at least 4 members (excludes halogenated alkanes) is 10. The molecule has 0 radical (unpaired) electrons. The maximum atomic E-state index is 12.5. The molecule has 0 aliphatic rings. The van der Waals surface area contributed by atoms with E-state index in [1.165, 1.54) is 82.6 Å². The monoisotopic (exact) mass is 544 g/mol. The van der Waals surface area contributed by atoms with E-state index in [1.54, 1.807) is 0 Å². The molecule has 37 heavy (non-hydrogen) atoms. The zero-order chi connectivity index (χ0) is 27.8. The summed E-state index contributed by atoms with van der Waals surface area (Å²) in [4.78, 5) is 14.7. The van der Waals surface area contributed by atoms with E-state index in [1.807, 2.05) is 0 Å². The molecular weight excluding hydrogens is 484 g/mol. The molecule has 0 aliphatic carbocycles. The minimum Gasteiger partial charge on any atom is -0.356 e.